The summed E-state index contributed by atoms with van der Waals surface area (Å²) in [5.74, 6) is -0.208. The van der Waals surface area contributed by atoms with Crippen molar-refractivity contribution in [2.24, 2.45) is 22.7 Å². The van der Waals surface area contributed by atoms with Crippen molar-refractivity contribution >= 4 is 27.9 Å². The Morgan fingerprint density at radius 1 is 1.13 bits per heavy atom. The van der Waals surface area contributed by atoms with Gasteiger partial charge in [0.05, 0.1) is 5.60 Å². The third kappa shape index (κ3) is 5.29. The van der Waals surface area contributed by atoms with Crippen molar-refractivity contribution in [3.63, 3.8) is 0 Å². The summed E-state index contributed by atoms with van der Waals surface area (Å²) in [6, 6.07) is 0. The first-order valence-electron chi connectivity index (χ1n) is 11.1. The summed E-state index contributed by atoms with van der Waals surface area (Å²) >= 11 is 3.91. The Morgan fingerprint density at radius 3 is 2.33 bits per heavy atom. The van der Waals surface area contributed by atoms with Crippen LogP contribution >= 0.6 is 15.9 Å². The van der Waals surface area contributed by atoms with E-state index >= 15 is 0 Å². The first-order valence-corrected chi connectivity index (χ1v) is 12.0. The van der Waals surface area contributed by atoms with Gasteiger partial charge in [0.25, 0.3) is 0 Å². The monoisotopic (exact) mass is 486 g/mol. The van der Waals surface area contributed by atoms with Crippen LogP contribution in [0.4, 0.5) is 0 Å². The maximum atomic E-state index is 11.5. The maximum Gasteiger partial charge on any atom is 0.303 e. The summed E-state index contributed by atoms with van der Waals surface area (Å²) in [6.45, 7) is 15.8. The second-order valence-electron chi connectivity index (χ2n) is 10.4. The molecule has 2 aliphatic rings. The summed E-state index contributed by atoms with van der Waals surface area (Å²) in [7, 11) is 0. The van der Waals surface area contributed by atoms with Crippen molar-refractivity contribution in [1.29, 1.82) is 0 Å². The zero-order chi connectivity index (χ0) is 22.9. The van der Waals surface area contributed by atoms with Crippen molar-refractivity contribution in [3.8, 4) is 0 Å². The highest BCUT2D eigenvalue weighted by Crippen LogP contribution is 2.64. The highest BCUT2D eigenvalue weighted by atomic mass is 79.9. The van der Waals surface area contributed by atoms with Gasteiger partial charge < -0.3 is 14.6 Å². The second kappa shape index (κ2) is 9.32. The topological polar surface area (TPSA) is 72.8 Å². The lowest BCUT2D eigenvalue weighted by molar-refractivity contribution is -0.167. The smallest absolute Gasteiger partial charge is 0.303 e. The van der Waals surface area contributed by atoms with Gasteiger partial charge in [0.2, 0.25) is 0 Å². The molecule has 1 N–H and O–H groups in total. The van der Waals surface area contributed by atoms with Crippen LogP contribution in [0.5, 0.6) is 0 Å². The standard InChI is InChI=1S/C24H39BrO5/c1-15(18(30-17(3)27)14-29-16(2)26)8-9-20-23(6)12-11-21(25)22(4,5)19(23)10-13-24(20,7)28/h18-21,28H,1,8-14H2,2-7H3. The number of fused-ring (bicyclic) bond motifs is 1. The molecule has 0 spiro atoms. The summed E-state index contributed by atoms with van der Waals surface area (Å²) < 4.78 is 10.4. The molecule has 0 bridgehead atoms. The molecule has 0 aromatic heterocycles. The largest absolute Gasteiger partial charge is 0.462 e. The van der Waals surface area contributed by atoms with Crippen LogP contribution in [-0.2, 0) is 19.1 Å². The summed E-state index contributed by atoms with van der Waals surface area (Å²) in [5.41, 5.74) is 0.172. The van der Waals surface area contributed by atoms with Crippen molar-refractivity contribution < 1.29 is 24.2 Å². The number of carbonyl (C=O) groups excluding carboxylic acids is 2. The molecular formula is C24H39BrO5. The molecule has 6 unspecified atom stereocenters. The van der Waals surface area contributed by atoms with Gasteiger partial charge in [0, 0.05) is 18.7 Å². The molecule has 30 heavy (non-hydrogen) atoms. The van der Waals surface area contributed by atoms with E-state index in [4.69, 9.17) is 9.47 Å². The van der Waals surface area contributed by atoms with Gasteiger partial charge in [0.15, 0.2) is 6.10 Å². The van der Waals surface area contributed by atoms with Gasteiger partial charge >= 0.3 is 11.9 Å². The van der Waals surface area contributed by atoms with Crippen LogP contribution in [0, 0.1) is 22.7 Å². The number of hydrogen-bond donors (Lipinski definition) is 1. The quantitative estimate of drug-likeness (QED) is 0.304. The van der Waals surface area contributed by atoms with E-state index in [9.17, 15) is 14.7 Å². The van der Waals surface area contributed by atoms with Crippen molar-refractivity contribution in [2.75, 3.05) is 6.61 Å². The third-order valence-corrected chi connectivity index (χ3v) is 9.52. The SMILES string of the molecule is C=C(CCC1C(C)(O)CCC2C(C)(C)C(Br)CCC12C)C(COC(C)=O)OC(C)=O. The minimum absolute atomic E-state index is 0.0208. The van der Waals surface area contributed by atoms with Crippen LogP contribution in [-0.4, -0.2) is 40.2 Å². The highest BCUT2D eigenvalue weighted by Gasteiger charge is 2.59. The van der Waals surface area contributed by atoms with Crippen LogP contribution in [0.1, 0.15) is 80.1 Å². The maximum absolute atomic E-state index is 11.5. The molecule has 0 saturated heterocycles. The van der Waals surface area contributed by atoms with Gasteiger partial charge in [-0.25, -0.2) is 0 Å². The Kier molecular flexibility index (Phi) is 7.88. The summed E-state index contributed by atoms with van der Waals surface area (Å²) in [4.78, 5) is 23.2. The van der Waals surface area contributed by atoms with Gasteiger partial charge in [-0.2, -0.15) is 0 Å². The molecule has 0 aromatic carbocycles. The number of esters is 2. The molecule has 0 aliphatic heterocycles. The molecule has 5 nitrogen and oxygen atoms in total. The molecule has 6 atom stereocenters. The fourth-order valence-corrected chi connectivity index (χ4v) is 6.80. The van der Waals surface area contributed by atoms with E-state index < -0.39 is 23.6 Å². The number of aliphatic hydroxyl groups is 1. The number of hydrogen-bond acceptors (Lipinski definition) is 5. The molecule has 2 saturated carbocycles. The fraction of sp³-hybridized carbons (Fsp3) is 0.833. The van der Waals surface area contributed by atoms with E-state index in [1.165, 1.54) is 13.8 Å². The lowest BCUT2D eigenvalue weighted by atomic mass is 9.45. The number of alkyl halides is 1. The number of ether oxygens (including phenoxy) is 2. The van der Waals surface area contributed by atoms with Crippen LogP contribution in [0.2, 0.25) is 0 Å². The highest BCUT2D eigenvalue weighted by molar-refractivity contribution is 9.09. The molecule has 0 amide bonds. The number of carbonyl (C=O) groups is 2. The van der Waals surface area contributed by atoms with E-state index in [0.717, 1.165) is 37.7 Å². The molecule has 0 heterocycles. The van der Waals surface area contributed by atoms with Gasteiger partial charge in [-0.3, -0.25) is 9.59 Å². The number of rotatable bonds is 7. The first kappa shape index (κ1) is 25.4. The van der Waals surface area contributed by atoms with Crippen LogP contribution in [0.25, 0.3) is 0 Å². The molecule has 172 valence electrons. The van der Waals surface area contributed by atoms with Crippen molar-refractivity contribution in [3.05, 3.63) is 12.2 Å². The Balaban J connectivity index is 2.18. The average molecular weight is 487 g/mol. The molecule has 0 aromatic rings. The first-order chi connectivity index (χ1) is 13.7. The molecule has 6 heteroatoms. The van der Waals surface area contributed by atoms with E-state index in [1.807, 2.05) is 6.92 Å². The average Bonchev–Trinajstić information content (AvgIpc) is 2.60. The Morgan fingerprint density at radius 2 is 1.77 bits per heavy atom. The minimum atomic E-state index is -0.742. The Labute approximate surface area is 190 Å². The molecule has 2 rings (SSSR count). The second-order valence-corrected chi connectivity index (χ2v) is 11.5. The summed E-state index contributed by atoms with van der Waals surface area (Å²) in [5, 5.41) is 11.4. The molecule has 2 fully saturated rings. The lowest BCUT2D eigenvalue weighted by Gasteiger charge is -2.62. The van der Waals surface area contributed by atoms with Crippen LogP contribution < -0.4 is 0 Å². The Bertz CT molecular complexity index is 671. The van der Waals surface area contributed by atoms with E-state index in [0.29, 0.717) is 17.2 Å². The normalized spacial score (nSPS) is 36.3. The van der Waals surface area contributed by atoms with Gasteiger partial charge in [0.1, 0.15) is 6.61 Å². The zero-order valence-electron chi connectivity index (χ0n) is 19.4. The van der Waals surface area contributed by atoms with Crippen molar-refractivity contribution in [2.45, 2.75) is 96.6 Å². The fourth-order valence-electron chi connectivity index (χ4n) is 6.25. The van der Waals surface area contributed by atoms with Crippen LogP contribution in [0.3, 0.4) is 0 Å². The van der Waals surface area contributed by atoms with Gasteiger partial charge in [-0.1, -0.05) is 43.3 Å². The minimum Gasteiger partial charge on any atom is -0.462 e. The summed E-state index contributed by atoms with van der Waals surface area (Å²) in [6.07, 6.45) is 4.70. The predicted molar refractivity (Wildman–Crippen MR) is 121 cm³/mol. The predicted octanol–water partition coefficient (Wildman–Crippen LogP) is 5.18. The van der Waals surface area contributed by atoms with Gasteiger partial charge in [-0.05, 0) is 73.7 Å². The molecule has 0 radical (unpaired) electrons. The van der Waals surface area contributed by atoms with Gasteiger partial charge in [-0.15, -0.1) is 0 Å². The molecule has 2 aliphatic carbocycles. The van der Waals surface area contributed by atoms with E-state index in [1.54, 1.807) is 0 Å². The zero-order valence-corrected chi connectivity index (χ0v) is 21.0. The Hall–Kier alpha value is -0.880. The van der Waals surface area contributed by atoms with Crippen LogP contribution in [0.15, 0.2) is 12.2 Å². The van der Waals surface area contributed by atoms with E-state index in [-0.39, 0.29) is 23.4 Å². The number of halogens is 1. The van der Waals surface area contributed by atoms with Crippen molar-refractivity contribution in [1.82, 2.24) is 0 Å². The lowest BCUT2D eigenvalue weighted by Crippen LogP contribution is -2.59. The van der Waals surface area contributed by atoms with E-state index in [2.05, 4.69) is 43.3 Å². The molecular weight excluding hydrogens is 448 g/mol. The third-order valence-electron chi connectivity index (χ3n) is 7.88.